The van der Waals surface area contributed by atoms with Crippen LogP contribution in [0.4, 0.5) is 5.69 Å². The maximum absolute atomic E-state index is 11.9. The van der Waals surface area contributed by atoms with Crippen LogP contribution < -0.4 is 9.64 Å². The van der Waals surface area contributed by atoms with Crippen molar-refractivity contribution < 1.29 is 19.4 Å². The van der Waals surface area contributed by atoms with Gasteiger partial charge in [0, 0.05) is 12.7 Å². The van der Waals surface area contributed by atoms with Crippen LogP contribution in [0.1, 0.15) is 13.8 Å². The summed E-state index contributed by atoms with van der Waals surface area (Å²) in [5.41, 5.74) is 0.752. The number of carbonyl (C=O) groups is 2. The van der Waals surface area contributed by atoms with Crippen molar-refractivity contribution in [2.24, 2.45) is 0 Å². The lowest BCUT2D eigenvalue weighted by Crippen LogP contribution is -2.28. The Morgan fingerprint density at radius 1 is 1.25 bits per heavy atom. The van der Waals surface area contributed by atoms with Crippen molar-refractivity contribution in [3.63, 3.8) is 0 Å². The normalized spacial score (nSPS) is 10.4. The Kier molecular flexibility index (Phi) is 6.38. The Morgan fingerprint density at radius 3 is 2.35 bits per heavy atom. The smallest absolute Gasteiger partial charge is 0.313 e. The molecule has 0 saturated heterocycles. The number of aliphatic carboxylic acids is 1. The van der Waals surface area contributed by atoms with E-state index in [-0.39, 0.29) is 23.5 Å². The van der Waals surface area contributed by atoms with Gasteiger partial charge in [-0.15, -0.1) is 11.8 Å². The molecule has 0 fully saturated rings. The molecule has 5 nitrogen and oxygen atoms in total. The second-order valence-corrected chi connectivity index (χ2v) is 5.49. The highest BCUT2D eigenvalue weighted by Gasteiger charge is 2.12. The summed E-state index contributed by atoms with van der Waals surface area (Å²) in [6, 6.07) is 7.22. The monoisotopic (exact) mass is 297 g/mol. The maximum atomic E-state index is 11.9. The number of nitrogens with zero attached hydrogens (tertiary/aromatic N) is 1. The van der Waals surface area contributed by atoms with E-state index in [4.69, 9.17) is 9.84 Å². The fraction of sp³-hybridized carbons (Fsp3) is 0.429. The summed E-state index contributed by atoms with van der Waals surface area (Å²) in [7, 11) is 1.67. The number of thioether (sulfide) groups is 1. The van der Waals surface area contributed by atoms with Crippen molar-refractivity contribution in [1.82, 2.24) is 0 Å². The van der Waals surface area contributed by atoms with E-state index in [1.165, 1.54) is 4.90 Å². The Morgan fingerprint density at radius 2 is 1.85 bits per heavy atom. The molecule has 0 unspecified atom stereocenters. The highest BCUT2D eigenvalue weighted by atomic mass is 32.2. The maximum Gasteiger partial charge on any atom is 0.313 e. The third-order valence-electron chi connectivity index (χ3n) is 2.42. The molecule has 110 valence electrons. The van der Waals surface area contributed by atoms with Gasteiger partial charge in [-0.1, -0.05) is 0 Å². The van der Waals surface area contributed by atoms with Crippen LogP contribution in [0.5, 0.6) is 5.75 Å². The molecule has 0 aliphatic rings. The van der Waals surface area contributed by atoms with Gasteiger partial charge >= 0.3 is 5.97 Å². The average molecular weight is 297 g/mol. The summed E-state index contributed by atoms with van der Waals surface area (Å²) in [4.78, 5) is 23.8. The first-order valence-electron chi connectivity index (χ1n) is 6.23. The molecule has 1 N–H and O–H groups in total. The number of carbonyl (C=O) groups excluding carboxylic acids is 1. The second kappa shape index (κ2) is 7.79. The molecule has 6 heteroatoms. The van der Waals surface area contributed by atoms with E-state index >= 15 is 0 Å². The number of carboxylic acids is 1. The molecule has 0 radical (unpaired) electrons. The van der Waals surface area contributed by atoms with Gasteiger partial charge in [0.15, 0.2) is 0 Å². The molecule has 1 amide bonds. The Balaban J connectivity index is 2.55. The molecule has 1 aromatic rings. The zero-order valence-electron chi connectivity index (χ0n) is 11.8. The van der Waals surface area contributed by atoms with Gasteiger partial charge in [-0.05, 0) is 38.1 Å². The zero-order valence-corrected chi connectivity index (χ0v) is 12.6. The molecule has 1 aromatic carbocycles. The summed E-state index contributed by atoms with van der Waals surface area (Å²) in [5.74, 6) is -0.215. The summed E-state index contributed by atoms with van der Waals surface area (Å²) >= 11 is 1.09. The summed E-state index contributed by atoms with van der Waals surface area (Å²) in [6.45, 7) is 3.90. The molecule has 0 bridgehead atoms. The molecular formula is C14H19NO4S. The summed E-state index contributed by atoms with van der Waals surface area (Å²) in [6.07, 6.45) is 0.104. The molecule has 0 aromatic heterocycles. The number of benzene rings is 1. The number of rotatable bonds is 7. The van der Waals surface area contributed by atoms with E-state index in [1.54, 1.807) is 19.2 Å². The zero-order chi connectivity index (χ0) is 15.1. The van der Waals surface area contributed by atoms with Crippen LogP contribution >= 0.6 is 11.8 Å². The fourth-order valence-corrected chi connectivity index (χ4v) is 2.13. The minimum Gasteiger partial charge on any atom is -0.491 e. The van der Waals surface area contributed by atoms with E-state index in [0.29, 0.717) is 0 Å². The molecule has 20 heavy (non-hydrogen) atoms. The molecule has 0 spiro atoms. The highest BCUT2D eigenvalue weighted by Crippen LogP contribution is 2.20. The van der Waals surface area contributed by atoms with Gasteiger partial charge in [-0.3, -0.25) is 9.59 Å². The van der Waals surface area contributed by atoms with Gasteiger partial charge in [0.05, 0.1) is 17.6 Å². The molecule has 0 heterocycles. The minimum absolute atomic E-state index is 0.0687. The van der Waals surface area contributed by atoms with E-state index in [1.807, 2.05) is 26.0 Å². The van der Waals surface area contributed by atoms with Crippen LogP contribution in [0.3, 0.4) is 0 Å². The number of amides is 1. The quantitative estimate of drug-likeness (QED) is 0.836. The van der Waals surface area contributed by atoms with Gasteiger partial charge in [0.1, 0.15) is 5.75 Å². The lowest BCUT2D eigenvalue weighted by atomic mass is 10.3. The number of hydrogen-bond acceptors (Lipinski definition) is 4. The van der Waals surface area contributed by atoms with Crippen LogP contribution in [0.15, 0.2) is 24.3 Å². The Hall–Kier alpha value is -1.69. The van der Waals surface area contributed by atoms with E-state index < -0.39 is 5.97 Å². The van der Waals surface area contributed by atoms with Crippen molar-refractivity contribution in [2.45, 2.75) is 20.0 Å². The van der Waals surface area contributed by atoms with Crippen molar-refractivity contribution >= 4 is 29.3 Å². The van der Waals surface area contributed by atoms with Gasteiger partial charge in [-0.25, -0.2) is 0 Å². The number of hydrogen-bond donors (Lipinski definition) is 1. The number of carboxylic acid groups (broad SMARTS) is 1. The van der Waals surface area contributed by atoms with Crippen molar-refractivity contribution in [3.05, 3.63) is 24.3 Å². The topological polar surface area (TPSA) is 66.8 Å². The van der Waals surface area contributed by atoms with Gasteiger partial charge in [-0.2, -0.15) is 0 Å². The molecule has 0 atom stereocenters. The van der Waals surface area contributed by atoms with Gasteiger partial charge in [0.25, 0.3) is 0 Å². The van der Waals surface area contributed by atoms with Gasteiger partial charge in [0.2, 0.25) is 5.91 Å². The Bertz CT molecular complexity index is 459. The third-order valence-corrected chi connectivity index (χ3v) is 3.32. The van der Waals surface area contributed by atoms with Crippen molar-refractivity contribution in [2.75, 3.05) is 23.5 Å². The fourth-order valence-electron chi connectivity index (χ4n) is 1.49. The number of ether oxygens (including phenoxy) is 1. The SMILES string of the molecule is CC(C)Oc1ccc(N(C)C(=O)CSCC(=O)O)cc1. The minimum atomic E-state index is -0.916. The van der Waals surface area contributed by atoms with E-state index in [2.05, 4.69) is 0 Å². The predicted molar refractivity (Wildman–Crippen MR) is 80.6 cm³/mol. The Labute approximate surface area is 122 Å². The van der Waals surface area contributed by atoms with Gasteiger partial charge < -0.3 is 14.7 Å². The largest absolute Gasteiger partial charge is 0.491 e. The molecular weight excluding hydrogens is 278 g/mol. The van der Waals surface area contributed by atoms with E-state index in [0.717, 1.165) is 23.2 Å². The first-order valence-corrected chi connectivity index (χ1v) is 7.38. The molecule has 0 aliphatic heterocycles. The first-order chi connectivity index (χ1) is 9.40. The third kappa shape index (κ3) is 5.52. The summed E-state index contributed by atoms with van der Waals surface area (Å²) in [5, 5.41) is 8.52. The van der Waals surface area contributed by atoms with Crippen LogP contribution in [0, 0.1) is 0 Å². The molecule has 1 rings (SSSR count). The number of anilines is 1. The molecule has 0 aliphatic carbocycles. The summed E-state index contributed by atoms with van der Waals surface area (Å²) < 4.78 is 5.53. The van der Waals surface area contributed by atoms with Crippen LogP contribution in [0.2, 0.25) is 0 Å². The standard InChI is InChI=1S/C14H19NO4S/c1-10(2)19-12-6-4-11(5-7-12)15(3)13(16)8-20-9-14(17)18/h4-7,10H,8-9H2,1-3H3,(H,17,18). The average Bonchev–Trinajstić information content (AvgIpc) is 2.37. The molecule has 0 saturated carbocycles. The lowest BCUT2D eigenvalue weighted by Gasteiger charge is -2.18. The van der Waals surface area contributed by atoms with Crippen LogP contribution in [-0.2, 0) is 9.59 Å². The second-order valence-electron chi connectivity index (χ2n) is 4.50. The predicted octanol–water partition coefficient (Wildman–Crippen LogP) is 2.25. The van der Waals surface area contributed by atoms with Crippen LogP contribution in [0.25, 0.3) is 0 Å². The van der Waals surface area contributed by atoms with Crippen molar-refractivity contribution in [3.8, 4) is 5.75 Å². The van der Waals surface area contributed by atoms with E-state index in [9.17, 15) is 9.59 Å². The van der Waals surface area contributed by atoms with Crippen molar-refractivity contribution in [1.29, 1.82) is 0 Å². The highest BCUT2D eigenvalue weighted by molar-refractivity contribution is 8.00. The lowest BCUT2D eigenvalue weighted by molar-refractivity contribution is -0.133. The van der Waals surface area contributed by atoms with Crippen LogP contribution in [-0.4, -0.2) is 41.6 Å². The first kappa shape index (κ1) is 16.4.